The molecule has 0 fully saturated rings. The molecule has 0 aliphatic heterocycles. The third-order valence-electron chi connectivity index (χ3n) is 2.67. The highest BCUT2D eigenvalue weighted by Crippen LogP contribution is 2.12. The zero-order valence-corrected chi connectivity index (χ0v) is 9.60. The number of hydrogen-bond donors (Lipinski definition) is 3. The summed E-state index contributed by atoms with van der Waals surface area (Å²) >= 11 is 0. The third-order valence-corrected chi connectivity index (χ3v) is 2.67. The number of rotatable bonds is 4. The van der Waals surface area contributed by atoms with E-state index in [-0.39, 0.29) is 12.5 Å². The predicted molar refractivity (Wildman–Crippen MR) is 64.7 cm³/mol. The number of nitrogens with one attached hydrogen (secondary N) is 2. The molecule has 1 aromatic heterocycles. The van der Waals surface area contributed by atoms with Crippen molar-refractivity contribution in [3.05, 3.63) is 30.0 Å². The van der Waals surface area contributed by atoms with E-state index in [0.29, 0.717) is 12.0 Å². The molecule has 3 N–H and O–H groups in total. The van der Waals surface area contributed by atoms with Gasteiger partial charge in [-0.25, -0.2) is 0 Å². The van der Waals surface area contributed by atoms with Gasteiger partial charge < -0.3 is 10.4 Å². The molecule has 1 aromatic carbocycles. The van der Waals surface area contributed by atoms with Crippen LogP contribution in [0.2, 0.25) is 0 Å². The lowest BCUT2D eigenvalue weighted by Crippen LogP contribution is -2.31. The van der Waals surface area contributed by atoms with Gasteiger partial charge in [0.15, 0.2) is 0 Å². The predicted octanol–water partition coefficient (Wildman–Crippen LogP) is 1.06. The number of aliphatic hydroxyl groups excluding tert-OH is 1. The molecule has 0 aliphatic rings. The first-order valence-electron chi connectivity index (χ1n) is 5.60. The Morgan fingerprint density at radius 1 is 1.59 bits per heavy atom. The Bertz CT molecular complexity index is 521. The average molecular weight is 233 g/mol. The van der Waals surface area contributed by atoms with Crippen LogP contribution in [0.4, 0.5) is 0 Å². The molecule has 2 rings (SSSR count). The Hall–Kier alpha value is -1.88. The van der Waals surface area contributed by atoms with Crippen LogP contribution in [0, 0.1) is 0 Å². The van der Waals surface area contributed by atoms with Crippen molar-refractivity contribution in [3.8, 4) is 0 Å². The molecular weight excluding hydrogens is 218 g/mol. The Balaban J connectivity index is 2.08. The average Bonchev–Trinajstić information content (AvgIpc) is 2.82. The fourth-order valence-corrected chi connectivity index (χ4v) is 1.54. The molecule has 0 saturated heterocycles. The van der Waals surface area contributed by atoms with E-state index in [4.69, 9.17) is 0 Å². The van der Waals surface area contributed by atoms with E-state index in [2.05, 4.69) is 15.5 Å². The van der Waals surface area contributed by atoms with Gasteiger partial charge in [0.1, 0.15) is 0 Å². The maximum absolute atomic E-state index is 11.8. The van der Waals surface area contributed by atoms with Gasteiger partial charge in [-0.3, -0.25) is 9.89 Å². The van der Waals surface area contributed by atoms with Crippen LogP contribution in [-0.2, 0) is 0 Å². The summed E-state index contributed by atoms with van der Waals surface area (Å²) in [6.07, 6.45) is 1.81. The summed E-state index contributed by atoms with van der Waals surface area (Å²) in [5.74, 6) is -0.180. The number of carbonyl (C=O) groups is 1. The molecule has 0 saturated carbocycles. The summed E-state index contributed by atoms with van der Waals surface area (Å²) < 4.78 is 0. The summed E-state index contributed by atoms with van der Waals surface area (Å²) in [6, 6.07) is 5.31. The van der Waals surface area contributed by atoms with Gasteiger partial charge in [0, 0.05) is 17.5 Å². The molecule has 0 aliphatic carbocycles. The van der Waals surface area contributed by atoms with Crippen LogP contribution in [0.3, 0.4) is 0 Å². The fourth-order valence-electron chi connectivity index (χ4n) is 1.54. The summed E-state index contributed by atoms with van der Waals surface area (Å²) in [4.78, 5) is 11.8. The minimum Gasteiger partial charge on any atom is -0.391 e. The summed E-state index contributed by atoms with van der Waals surface area (Å²) in [5, 5.41) is 19.7. The van der Waals surface area contributed by atoms with Gasteiger partial charge in [-0.15, -0.1) is 0 Å². The molecule has 1 amide bonds. The molecule has 5 nitrogen and oxygen atoms in total. The van der Waals surface area contributed by atoms with Crippen LogP contribution in [0.15, 0.2) is 24.4 Å². The molecule has 0 radical (unpaired) electrons. The lowest BCUT2D eigenvalue weighted by Gasteiger charge is -2.09. The summed E-state index contributed by atoms with van der Waals surface area (Å²) in [7, 11) is 0. The molecule has 5 heteroatoms. The number of hydrogen-bond acceptors (Lipinski definition) is 3. The van der Waals surface area contributed by atoms with Crippen LogP contribution in [0.1, 0.15) is 23.7 Å². The monoisotopic (exact) mass is 233 g/mol. The smallest absolute Gasteiger partial charge is 0.251 e. The number of amides is 1. The number of fused-ring (bicyclic) bond motifs is 1. The van der Waals surface area contributed by atoms with Crippen molar-refractivity contribution in [1.29, 1.82) is 0 Å². The van der Waals surface area contributed by atoms with Crippen LogP contribution < -0.4 is 5.32 Å². The van der Waals surface area contributed by atoms with Gasteiger partial charge >= 0.3 is 0 Å². The second-order valence-corrected chi connectivity index (χ2v) is 3.94. The third kappa shape index (κ3) is 2.62. The Morgan fingerprint density at radius 2 is 2.41 bits per heavy atom. The van der Waals surface area contributed by atoms with E-state index < -0.39 is 6.10 Å². The van der Waals surface area contributed by atoms with E-state index in [9.17, 15) is 9.90 Å². The molecule has 1 atom stereocenters. The topological polar surface area (TPSA) is 78.0 Å². The van der Waals surface area contributed by atoms with Gasteiger partial charge in [-0.2, -0.15) is 5.10 Å². The SMILES string of the molecule is CCC(O)CNC(=O)c1ccc2[nH]ncc2c1. The normalized spacial score (nSPS) is 12.6. The number of aromatic amines is 1. The lowest BCUT2D eigenvalue weighted by atomic mass is 10.1. The quantitative estimate of drug-likeness (QED) is 0.739. The second-order valence-electron chi connectivity index (χ2n) is 3.94. The van der Waals surface area contributed by atoms with Gasteiger partial charge in [0.2, 0.25) is 0 Å². The zero-order chi connectivity index (χ0) is 12.3. The highest BCUT2D eigenvalue weighted by Gasteiger charge is 2.08. The lowest BCUT2D eigenvalue weighted by molar-refractivity contribution is 0.0914. The Kier molecular flexibility index (Phi) is 3.39. The molecule has 1 unspecified atom stereocenters. The molecule has 1 heterocycles. The Morgan fingerprint density at radius 3 is 3.18 bits per heavy atom. The molecule has 90 valence electrons. The zero-order valence-electron chi connectivity index (χ0n) is 9.60. The molecule has 0 bridgehead atoms. The van der Waals surface area contributed by atoms with Gasteiger partial charge in [-0.1, -0.05) is 6.92 Å². The molecule has 17 heavy (non-hydrogen) atoms. The number of H-pyrrole nitrogens is 1. The number of aromatic nitrogens is 2. The van der Waals surface area contributed by atoms with Crippen molar-refractivity contribution in [1.82, 2.24) is 15.5 Å². The van der Waals surface area contributed by atoms with E-state index in [1.54, 1.807) is 18.3 Å². The molecular formula is C12H15N3O2. The highest BCUT2D eigenvalue weighted by molar-refractivity contribution is 5.97. The first kappa shape index (κ1) is 11.6. The van der Waals surface area contributed by atoms with Gasteiger partial charge in [0.25, 0.3) is 5.91 Å². The van der Waals surface area contributed by atoms with Crippen molar-refractivity contribution in [2.24, 2.45) is 0 Å². The van der Waals surface area contributed by atoms with Crippen LogP contribution in [-0.4, -0.2) is 33.9 Å². The maximum atomic E-state index is 11.8. The van der Waals surface area contributed by atoms with Crippen molar-refractivity contribution in [2.45, 2.75) is 19.4 Å². The minimum absolute atomic E-state index is 0.180. The maximum Gasteiger partial charge on any atom is 0.251 e. The van der Waals surface area contributed by atoms with E-state index in [1.165, 1.54) is 0 Å². The van der Waals surface area contributed by atoms with Crippen molar-refractivity contribution in [2.75, 3.05) is 6.54 Å². The van der Waals surface area contributed by atoms with E-state index in [0.717, 1.165) is 10.9 Å². The van der Waals surface area contributed by atoms with Gasteiger partial charge in [0.05, 0.1) is 17.8 Å². The molecule has 0 spiro atoms. The fraction of sp³-hybridized carbons (Fsp3) is 0.333. The number of carbonyl (C=O) groups excluding carboxylic acids is 1. The Labute approximate surface area is 98.8 Å². The van der Waals surface area contributed by atoms with Crippen LogP contribution in [0.25, 0.3) is 10.9 Å². The second kappa shape index (κ2) is 4.97. The standard InChI is InChI=1S/C12H15N3O2/c1-2-10(16)7-13-12(17)8-3-4-11-9(5-8)6-14-15-11/h3-6,10,16H,2,7H2,1H3,(H,13,17)(H,14,15). The summed E-state index contributed by atoms with van der Waals surface area (Å²) in [6.45, 7) is 2.15. The molecule has 2 aromatic rings. The van der Waals surface area contributed by atoms with E-state index in [1.807, 2.05) is 13.0 Å². The number of benzene rings is 1. The van der Waals surface area contributed by atoms with Crippen LogP contribution >= 0.6 is 0 Å². The van der Waals surface area contributed by atoms with Crippen molar-refractivity contribution >= 4 is 16.8 Å². The van der Waals surface area contributed by atoms with Crippen molar-refractivity contribution in [3.63, 3.8) is 0 Å². The minimum atomic E-state index is -0.489. The van der Waals surface area contributed by atoms with E-state index >= 15 is 0 Å². The number of aliphatic hydroxyl groups is 1. The number of nitrogens with zero attached hydrogens (tertiary/aromatic N) is 1. The largest absolute Gasteiger partial charge is 0.391 e. The first-order chi connectivity index (χ1) is 8.20. The van der Waals surface area contributed by atoms with Gasteiger partial charge in [-0.05, 0) is 24.6 Å². The van der Waals surface area contributed by atoms with Crippen LogP contribution in [0.5, 0.6) is 0 Å². The van der Waals surface area contributed by atoms with Crippen molar-refractivity contribution < 1.29 is 9.90 Å². The highest BCUT2D eigenvalue weighted by atomic mass is 16.3. The first-order valence-corrected chi connectivity index (χ1v) is 5.60. The summed E-state index contributed by atoms with van der Waals surface area (Å²) in [5.41, 5.74) is 1.47.